The van der Waals surface area contributed by atoms with Crippen molar-refractivity contribution in [3.05, 3.63) is 35.4 Å². The topological polar surface area (TPSA) is 64.6 Å². The van der Waals surface area contributed by atoms with Gasteiger partial charge in [0, 0.05) is 31.7 Å². The fraction of sp³-hybridized carbons (Fsp3) is 0.611. The highest BCUT2D eigenvalue weighted by molar-refractivity contribution is 5.74. The van der Waals surface area contributed by atoms with Crippen LogP contribution in [0.25, 0.3) is 0 Å². The van der Waals surface area contributed by atoms with Crippen LogP contribution in [0.3, 0.4) is 0 Å². The molecule has 0 aromatic heterocycles. The molecule has 1 aromatic carbocycles. The number of carbonyl (C=O) groups is 1. The van der Waals surface area contributed by atoms with Crippen molar-refractivity contribution in [1.82, 2.24) is 15.5 Å². The molecule has 2 rings (SSSR count). The average Bonchev–Trinajstić information content (AvgIpc) is 2.54. The van der Waals surface area contributed by atoms with Gasteiger partial charge in [0.05, 0.1) is 0 Å². The largest absolute Gasteiger partial charge is 0.396 e. The molecule has 2 unspecified atom stereocenters. The molecule has 5 heteroatoms. The first kappa shape index (κ1) is 17.8. The molecule has 1 aliphatic carbocycles. The third-order valence-corrected chi connectivity index (χ3v) is 4.50. The van der Waals surface area contributed by atoms with Crippen molar-refractivity contribution in [3.63, 3.8) is 0 Å². The lowest BCUT2D eigenvalue weighted by atomic mass is 9.85. The lowest BCUT2D eigenvalue weighted by Crippen LogP contribution is -2.47. The summed E-state index contributed by atoms with van der Waals surface area (Å²) in [5, 5.41) is 15.4. The Kier molecular flexibility index (Phi) is 6.86. The molecule has 1 aliphatic rings. The molecule has 2 amide bonds. The molecule has 3 N–H and O–H groups in total. The summed E-state index contributed by atoms with van der Waals surface area (Å²) in [6.45, 7) is 1.53. The standard InChI is InChI=1S/C18H29N3O2/c1-21(2)12-15-8-4-3-7-14(15)11-19-18(23)20-17-10-6-5-9-16(17)13-22/h3-4,7-8,16-17,22H,5-6,9-13H2,1-2H3,(H2,19,20,23). The number of carbonyl (C=O) groups excluding carboxylic acids is 1. The molecule has 1 aromatic rings. The van der Waals surface area contributed by atoms with Crippen LogP contribution in [0.1, 0.15) is 36.8 Å². The third kappa shape index (κ3) is 5.52. The van der Waals surface area contributed by atoms with E-state index in [9.17, 15) is 9.90 Å². The summed E-state index contributed by atoms with van der Waals surface area (Å²) in [6.07, 6.45) is 4.21. The van der Waals surface area contributed by atoms with E-state index in [1.54, 1.807) is 0 Å². The number of aliphatic hydroxyl groups is 1. The molecular formula is C18H29N3O2. The van der Waals surface area contributed by atoms with Crippen molar-refractivity contribution < 1.29 is 9.90 Å². The smallest absolute Gasteiger partial charge is 0.315 e. The second-order valence-corrected chi connectivity index (χ2v) is 6.67. The van der Waals surface area contributed by atoms with E-state index in [-0.39, 0.29) is 24.6 Å². The Bertz CT molecular complexity index is 505. The molecule has 23 heavy (non-hydrogen) atoms. The van der Waals surface area contributed by atoms with Gasteiger partial charge in [-0.25, -0.2) is 4.79 Å². The maximum Gasteiger partial charge on any atom is 0.315 e. The van der Waals surface area contributed by atoms with Gasteiger partial charge in [0.2, 0.25) is 0 Å². The minimum Gasteiger partial charge on any atom is -0.396 e. The average molecular weight is 319 g/mol. The summed E-state index contributed by atoms with van der Waals surface area (Å²) in [5.74, 6) is 0.190. The van der Waals surface area contributed by atoms with Crippen molar-refractivity contribution in [3.8, 4) is 0 Å². The van der Waals surface area contributed by atoms with Crippen molar-refractivity contribution in [2.24, 2.45) is 5.92 Å². The monoisotopic (exact) mass is 319 g/mol. The van der Waals surface area contributed by atoms with Crippen LogP contribution in [0.4, 0.5) is 4.79 Å². The number of rotatable bonds is 6. The first-order valence-electron chi connectivity index (χ1n) is 8.47. The molecular weight excluding hydrogens is 290 g/mol. The van der Waals surface area contributed by atoms with Crippen molar-refractivity contribution in [1.29, 1.82) is 0 Å². The van der Waals surface area contributed by atoms with Crippen molar-refractivity contribution in [2.45, 2.75) is 44.8 Å². The quantitative estimate of drug-likeness (QED) is 0.752. The van der Waals surface area contributed by atoms with Crippen LogP contribution in [0.15, 0.2) is 24.3 Å². The van der Waals surface area contributed by atoms with Crippen LogP contribution < -0.4 is 10.6 Å². The molecule has 1 fully saturated rings. The van der Waals surface area contributed by atoms with E-state index in [1.807, 2.05) is 26.2 Å². The third-order valence-electron chi connectivity index (χ3n) is 4.50. The maximum absolute atomic E-state index is 12.2. The fourth-order valence-corrected chi connectivity index (χ4v) is 3.24. The number of aliphatic hydroxyl groups excluding tert-OH is 1. The van der Waals surface area contributed by atoms with Crippen molar-refractivity contribution in [2.75, 3.05) is 20.7 Å². The van der Waals surface area contributed by atoms with Gasteiger partial charge in [-0.2, -0.15) is 0 Å². The Morgan fingerprint density at radius 3 is 2.61 bits per heavy atom. The second kappa shape index (κ2) is 8.89. The first-order valence-corrected chi connectivity index (χ1v) is 8.47. The molecule has 0 saturated heterocycles. The minimum atomic E-state index is -0.144. The van der Waals surface area contributed by atoms with Gasteiger partial charge in [-0.15, -0.1) is 0 Å². The van der Waals surface area contributed by atoms with Gasteiger partial charge in [-0.05, 0) is 38.1 Å². The van der Waals surface area contributed by atoms with Gasteiger partial charge in [0.1, 0.15) is 0 Å². The van der Waals surface area contributed by atoms with Gasteiger partial charge in [0.25, 0.3) is 0 Å². The molecule has 128 valence electrons. The van der Waals surface area contributed by atoms with Gasteiger partial charge in [0.15, 0.2) is 0 Å². The molecule has 0 heterocycles. The normalized spacial score (nSPS) is 21.2. The van der Waals surface area contributed by atoms with E-state index in [1.165, 1.54) is 5.56 Å². The highest BCUT2D eigenvalue weighted by Crippen LogP contribution is 2.23. The molecule has 0 bridgehead atoms. The molecule has 2 atom stereocenters. The summed E-state index contributed by atoms with van der Waals surface area (Å²) in [7, 11) is 4.07. The highest BCUT2D eigenvalue weighted by Gasteiger charge is 2.25. The van der Waals surface area contributed by atoms with E-state index in [0.29, 0.717) is 6.54 Å². The summed E-state index contributed by atoms with van der Waals surface area (Å²) in [4.78, 5) is 14.3. The second-order valence-electron chi connectivity index (χ2n) is 6.67. The predicted molar refractivity (Wildman–Crippen MR) is 92.0 cm³/mol. The molecule has 0 radical (unpaired) electrons. The number of nitrogens with one attached hydrogen (secondary N) is 2. The summed E-state index contributed by atoms with van der Waals surface area (Å²) >= 11 is 0. The van der Waals surface area contributed by atoms with Gasteiger partial charge in [-0.1, -0.05) is 37.1 Å². The zero-order valence-corrected chi connectivity index (χ0v) is 14.2. The number of urea groups is 1. The minimum absolute atomic E-state index is 0.0887. The van der Waals surface area contributed by atoms with E-state index < -0.39 is 0 Å². The summed E-state index contributed by atoms with van der Waals surface area (Å²) < 4.78 is 0. The molecule has 1 saturated carbocycles. The van der Waals surface area contributed by atoms with E-state index in [2.05, 4.69) is 27.7 Å². The summed E-state index contributed by atoms with van der Waals surface area (Å²) in [6, 6.07) is 8.11. The Labute approximate surface area is 139 Å². The van der Waals surface area contributed by atoms with Crippen LogP contribution >= 0.6 is 0 Å². The van der Waals surface area contributed by atoms with E-state index in [0.717, 1.165) is 37.8 Å². The van der Waals surface area contributed by atoms with Crippen LogP contribution in [0.2, 0.25) is 0 Å². The molecule has 5 nitrogen and oxygen atoms in total. The van der Waals surface area contributed by atoms with E-state index in [4.69, 9.17) is 0 Å². The van der Waals surface area contributed by atoms with Gasteiger partial charge in [-0.3, -0.25) is 0 Å². The number of hydrogen-bond acceptors (Lipinski definition) is 3. The Hall–Kier alpha value is -1.59. The Morgan fingerprint density at radius 2 is 1.91 bits per heavy atom. The van der Waals surface area contributed by atoms with Crippen molar-refractivity contribution >= 4 is 6.03 Å². The molecule has 0 spiro atoms. The van der Waals surface area contributed by atoms with Crippen LogP contribution in [0, 0.1) is 5.92 Å². The number of benzene rings is 1. The van der Waals surface area contributed by atoms with Crippen LogP contribution in [-0.2, 0) is 13.1 Å². The van der Waals surface area contributed by atoms with Gasteiger partial charge < -0.3 is 20.6 Å². The van der Waals surface area contributed by atoms with Crippen LogP contribution in [0.5, 0.6) is 0 Å². The lowest BCUT2D eigenvalue weighted by molar-refractivity contribution is 0.153. The maximum atomic E-state index is 12.2. The molecule has 0 aliphatic heterocycles. The van der Waals surface area contributed by atoms with Gasteiger partial charge >= 0.3 is 6.03 Å². The number of hydrogen-bond donors (Lipinski definition) is 3. The SMILES string of the molecule is CN(C)Cc1ccccc1CNC(=O)NC1CCCCC1CO. The Morgan fingerprint density at radius 1 is 1.22 bits per heavy atom. The summed E-state index contributed by atoms with van der Waals surface area (Å²) in [5.41, 5.74) is 2.36. The highest BCUT2D eigenvalue weighted by atomic mass is 16.3. The first-order chi connectivity index (χ1) is 11.1. The number of nitrogens with zero attached hydrogens (tertiary/aromatic N) is 1. The Balaban J connectivity index is 1.87. The zero-order valence-electron chi connectivity index (χ0n) is 14.2. The fourth-order valence-electron chi connectivity index (χ4n) is 3.24. The predicted octanol–water partition coefficient (Wildman–Crippen LogP) is 2.10. The number of amides is 2. The van der Waals surface area contributed by atoms with E-state index >= 15 is 0 Å². The zero-order chi connectivity index (χ0) is 16.7. The van der Waals surface area contributed by atoms with Crippen LogP contribution in [-0.4, -0.2) is 42.8 Å². The lowest BCUT2D eigenvalue weighted by Gasteiger charge is -2.30.